The topological polar surface area (TPSA) is 28.0 Å². The van der Waals surface area contributed by atoms with E-state index in [2.05, 4.69) is 10.1 Å². The van der Waals surface area contributed by atoms with Crippen LogP contribution in [0.5, 0.6) is 0 Å². The number of benzene rings is 3. The molecule has 0 saturated carbocycles. The number of aliphatic imine (C=N–C) groups is 1. The molecule has 0 atom stereocenters. The van der Waals surface area contributed by atoms with Crippen LogP contribution in [0.4, 0.5) is 18.9 Å². The quantitative estimate of drug-likeness (QED) is 0.550. The van der Waals surface area contributed by atoms with Crippen LogP contribution < -0.4 is 5.01 Å². The first kappa shape index (κ1) is 17.3. The molecule has 0 aliphatic carbocycles. The summed E-state index contributed by atoms with van der Waals surface area (Å²) in [5.74, 6) is 0.598. The number of anilines is 1. The number of hydrazone groups is 1. The standard InChI is InChI=1S/C21H16F3N3/c22-21(23,24)17-8-4-9-18(13-17)27-12-11-20(26-27)25-14-16-7-3-6-15-5-1-2-10-19(15)16/h1-10,13-14H,11-12H2/b25-14+. The Balaban J connectivity index is 1.57. The van der Waals surface area contributed by atoms with Crippen LogP contribution >= 0.6 is 0 Å². The van der Waals surface area contributed by atoms with Crippen LogP contribution in [0.1, 0.15) is 17.5 Å². The second-order valence-corrected chi connectivity index (χ2v) is 6.26. The van der Waals surface area contributed by atoms with Gasteiger partial charge in [-0.1, -0.05) is 48.5 Å². The van der Waals surface area contributed by atoms with Gasteiger partial charge in [0.25, 0.3) is 0 Å². The first-order valence-corrected chi connectivity index (χ1v) is 8.55. The van der Waals surface area contributed by atoms with E-state index in [4.69, 9.17) is 0 Å². The van der Waals surface area contributed by atoms with Crippen LogP contribution in [0.2, 0.25) is 0 Å². The Bertz CT molecular complexity index is 1030. The third-order valence-corrected chi connectivity index (χ3v) is 4.43. The van der Waals surface area contributed by atoms with Crippen LogP contribution in [0.3, 0.4) is 0 Å². The van der Waals surface area contributed by atoms with Crippen LogP contribution in [0.25, 0.3) is 10.8 Å². The Hall–Kier alpha value is -3.15. The Morgan fingerprint density at radius 2 is 1.74 bits per heavy atom. The highest BCUT2D eigenvalue weighted by molar-refractivity contribution is 6.04. The highest BCUT2D eigenvalue weighted by Crippen LogP contribution is 2.32. The van der Waals surface area contributed by atoms with E-state index < -0.39 is 11.7 Å². The van der Waals surface area contributed by atoms with Gasteiger partial charge in [-0.05, 0) is 29.0 Å². The van der Waals surface area contributed by atoms with E-state index in [1.54, 1.807) is 17.3 Å². The molecule has 0 N–H and O–H groups in total. The van der Waals surface area contributed by atoms with Crippen molar-refractivity contribution in [2.75, 3.05) is 11.6 Å². The first-order chi connectivity index (χ1) is 13.0. The van der Waals surface area contributed by atoms with Crippen molar-refractivity contribution in [2.24, 2.45) is 10.1 Å². The van der Waals surface area contributed by atoms with Gasteiger partial charge in [-0.3, -0.25) is 5.01 Å². The van der Waals surface area contributed by atoms with Gasteiger partial charge in [-0.2, -0.15) is 18.3 Å². The van der Waals surface area contributed by atoms with Crippen molar-refractivity contribution in [2.45, 2.75) is 12.6 Å². The number of nitrogens with zero attached hydrogens (tertiary/aromatic N) is 3. The van der Waals surface area contributed by atoms with Gasteiger partial charge >= 0.3 is 6.18 Å². The summed E-state index contributed by atoms with van der Waals surface area (Å²) < 4.78 is 38.7. The van der Waals surface area contributed by atoms with Gasteiger partial charge in [0.15, 0.2) is 5.84 Å². The number of amidine groups is 1. The van der Waals surface area contributed by atoms with Crippen molar-refractivity contribution < 1.29 is 13.2 Å². The minimum absolute atomic E-state index is 0.417. The fraction of sp³-hybridized carbons (Fsp3) is 0.143. The number of halogens is 3. The normalized spacial score (nSPS) is 14.9. The Morgan fingerprint density at radius 1 is 0.963 bits per heavy atom. The fourth-order valence-electron chi connectivity index (χ4n) is 3.07. The molecule has 0 unspecified atom stereocenters. The largest absolute Gasteiger partial charge is 0.416 e. The maximum absolute atomic E-state index is 12.9. The van der Waals surface area contributed by atoms with E-state index in [-0.39, 0.29) is 0 Å². The molecule has 0 spiro atoms. The van der Waals surface area contributed by atoms with Crippen molar-refractivity contribution in [3.05, 3.63) is 77.9 Å². The first-order valence-electron chi connectivity index (χ1n) is 8.55. The van der Waals surface area contributed by atoms with Crippen LogP contribution in [-0.2, 0) is 6.18 Å². The third-order valence-electron chi connectivity index (χ3n) is 4.43. The second-order valence-electron chi connectivity index (χ2n) is 6.26. The monoisotopic (exact) mass is 367 g/mol. The molecule has 4 rings (SSSR count). The molecule has 0 aromatic heterocycles. The summed E-state index contributed by atoms with van der Waals surface area (Å²) in [7, 11) is 0. The van der Waals surface area contributed by atoms with Gasteiger partial charge in [0.1, 0.15) is 0 Å². The lowest BCUT2D eigenvalue weighted by Crippen LogP contribution is -2.13. The summed E-state index contributed by atoms with van der Waals surface area (Å²) in [4.78, 5) is 4.45. The van der Waals surface area contributed by atoms with Crippen molar-refractivity contribution in [1.82, 2.24) is 0 Å². The summed E-state index contributed by atoms with van der Waals surface area (Å²) >= 11 is 0. The van der Waals surface area contributed by atoms with Crippen LogP contribution in [0, 0.1) is 0 Å². The number of alkyl halides is 3. The summed E-state index contributed by atoms with van der Waals surface area (Å²) in [6.45, 7) is 0.503. The lowest BCUT2D eigenvalue weighted by atomic mass is 10.1. The fourth-order valence-corrected chi connectivity index (χ4v) is 3.07. The van der Waals surface area contributed by atoms with E-state index in [1.165, 1.54) is 6.07 Å². The average Bonchev–Trinajstić information content (AvgIpc) is 3.15. The van der Waals surface area contributed by atoms with Crippen LogP contribution in [0.15, 0.2) is 76.8 Å². The molecule has 1 heterocycles. The zero-order chi connectivity index (χ0) is 18.9. The van der Waals surface area contributed by atoms with E-state index in [9.17, 15) is 13.2 Å². The molecular formula is C21H16F3N3. The predicted octanol–water partition coefficient (Wildman–Crippen LogP) is 5.50. The molecule has 6 heteroatoms. The molecule has 27 heavy (non-hydrogen) atoms. The lowest BCUT2D eigenvalue weighted by molar-refractivity contribution is -0.137. The van der Waals surface area contributed by atoms with Gasteiger partial charge in [-0.15, -0.1) is 0 Å². The third kappa shape index (κ3) is 3.69. The SMILES string of the molecule is FC(F)(F)c1cccc(N2CCC(/N=C/c3cccc4ccccc34)=N2)c1. The highest BCUT2D eigenvalue weighted by atomic mass is 19.4. The Labute approximate surface area is 154 Å². The van der Waals surface area contributed by atoms with E-state index in [1.807, 2.05) is 42.5 Å². The minimum atomic E-state index is -4.37. The molecule has 0 amide bonds. The highest BCUT2D eigenvalue weighted by Gasteiger charge is 2.31. The molecule has 3 aromatic rings. The molecule has 0 bridgehead atoms. The van der Waals surface area contributed by atoms with Crippen molar-refractivity contribution >= 4 is 28.5 Å². The number of hydrogen-bond donors (Lipinski definition) is 0. The van der Waals surface area contributed by atoms with Crippen molar-refractivity contribution in [3.63, 3.8) is 0 Å². The van der Waals surface area contributed by atoms with Gasteiger partial charge in [0, 0.05) is 24.7 Å². The predicted molar refractivity (Wildman–Crippen MR) is 102 cm³/mol. The lowest BCUT2D eigenvalue weighted by Gasteiger charge is -2.15. The van der Waals surface area contributed by atoms with E-state index >= 15 is 0 Å². The Morgan fingerprint density at radius 3 is 2.59 bits per heavy atom. The molecule has 3 aromatic carbocycles. The Kier molecular flexibility index (Phi) is 4.39. The van der Waals surface area contributed by atoms with Crippen LogP contribution in [-0.4, -0.2) is 18.6 Å². The zero-order valence-corrected chi connectivity index (χ0v) is 14.3. The number of fused-ring (bicyclic) bond motifs is 1. The average molecular weight is 367 g/mol. The molecule has 1 aliphatic rings. The summed E-state index contributed by atoms with van der Waals surface area (Å²) in [5, 5.41) is 8.14. The number of hydrogen-bond acceptors (Lipinski definition) is 3. The van der Waals surface area contributed by atoms with Crippen molar-refractivity contribution in [3.8, 4) is 0 Å². The summed E-state index contributed by atoms with van der Waals surface area (Å²) in [5.41, 5.74) is 0.719. The summed E-state index contributed by atoms with van der Waals surface area (Å²) in [6, 6.07) is 19.2. The minimum Gasteiger partial charge on any atom is -0.263 e. The molecule has 136 valence electrons. The van der Waals surface area contributed by atoms with Gasteiger partial charge in [-0.25, -0.2) is 4.99 Å². The molecule has 0 fully saturated rings. The summed E-state index contributed by atoms with van der Waals surface area (Å²) in [6.07, 6.45) is -2.02. The molecule has 0 saturated heterocycles. The van der Waals surface area contributed by atoms with E-state index in [0.717, 1.165) is 28.5 Å². The number of rotatable bonds is 2. The van der Waals surface area contributed by atoms with Gasteiger partial charge < -0.3 is 0 Å². The zero-order valence-electron chi connectivity index (χ0n) is 14.3. The molecule has 0 radical (unpaired) electrons. The van der Waals surface area contributed by atoms with E-state index in [0.29, 0.717) is 24.5 Å². The van der Waals surface area contributed by atoms with Gasteiger partial charge in [0.05, 0.1) is 11.3 Å². The smallest absolute Gasteiger partial charge is 0.263 e. The molecular weight excluding hydrogens is 351 g/mol. The maximum atomic E-state index is 12.9. The van der Waals surface area contributed by atoms with Gasteiger partial charge in [0.2, 0.25) is 0 Å². The maximum Gasteiger partial charge on any atom is 0.416 e. The molecule has 1 aliphatic heterocycles. The van der Waals surface area contributed by atoms with Crippen molar-refractivity contribution in [1.29, 1.82) is 0 Å². The molecule has 3 nitrogen and oxygen atoms in total. The second kappa shape index (κ2) is 6.87.